The molecule has 0 amide bonds. The van der Waals surface area contributed by atoms with Gasteiger partial charge in [0.25, 0.3) is 0 Å². The van der Waals surface area contributed by atoms with Crippen LogP contribution in [0.2, 0.25) is 0 Å². The molecule has 22 heavy (non-hydrogen) atoms. The van der Waals surface area contributed by atoms with Gasteiger partial charge in [0, 0.05) is 6.42 Å². The van der Waals surface area contributed by atoms with Crippen molar-refractivity contribution in [1.29, 1.82) is 0 Å². The zero-order valence-corrected chi connectivity index (χ0v) is 14.9. The summed E-state index contributed by atoms with van der Waals surface area (Å²) in [6.45, 7) is 6.58. The topological polar surface area (TPSA) is 74.3 Å². The largest absolute Gasteiger partial charge is 0.741 e. The molecule has 0 saturated carbocycles. The zero-order chi connectivity index (χ0) is 17.8. The number of Topliss-reactive ketones (excluding diaryl/α,β-unsaturated/α-hetero) is 1. The SMILES string of the molecule is CCCCCCC(=O)C[S+](CC)CC.O=S(=O)([O-])C(F)(F)F. The molecule has 0 aromatic heterocycles. The Morgan fingerprint density at radius 1 is 1.05 bits per heavy atom. The summed E-state index contributed by atoms with van der Waals surface area (Å²) in [7, 11) is -5.72. The van der Waals surface area contributed by atoms with Crippen molar-refractivity contribution in [2.45, 2.75) is 58.4 Å². The van der Waals surface area contributed by atoms with Gasteiger partial charge in [-0.3, -0.25) is 4.79 Å². The lowest BCUT2D eigenvalue weighted by molar-refractivity contribution is -0.116. The Morgan fingerprint density at radius 2 is 1.50 bits per heavy atom. The Balaban J connectivity index is 0. The molecule has 0 bridgehead atoms. The minimum atomic E-state index is -6.09. The van der Waals surface area contributed by atoms with E-state index in [2.05, 4.69) is 20.8 Å². The Hall–Kier alpha value is -0.280. The smallest absolute Gasteiger partial charge is 0.485 e. The highest BCUT2D eigenvalue weighted by molar-refractivity contribution is 7.97. The molecule has 0 aromatic carbocycles. The molecule has 0 aliphatic heterocycles. The van der Waals surface area contributed by atoms with Gasteiger partial charge in [-0.05, 0) is 31.2 Å². The Kier molecular flexibility index (Phi) is 13.3. The quantitative estimate of drug-likeness (QED) is 0.272. The van der Waals surface area contributed by atoms with Crippen LogP contribution in [0.25, 0.3) is 0 Å². The lowest BCUT2D eigenvalue weighted by Crippen LogP contribution is -2.21. The van der Waals surface area contributed by atoms with E-state index in [1.165, 1.54) is 30.8 Å². The molecule has 0 spiro atoms. The van der Waals surface area contributed by atoms with Crippen LogP contribution in [-0.4, -0.2) is 41.5 Å². The van der Waals surface area contributed by atoms with E-state index in [1.54, 1.807) is 0 Å². The zero-order valence-electron chi connectivity index (χ0n) is 13.2. The van der Waals surface area contributed by atoms with Crippen LogP contribution in [0, 0.1) is 0 Å². The average Bonchev–Trinajstić information content (AvgIpc) is 2.39. The Morgan fingerprint density at radius 3 is 1.82 bits per heavy atom. The van der Waals surface area contributed by atoms with Crippen molar-refractivity contribution in [3.63, 3.8) is 0 Å². The van der Waals surface area contributed by atoms with Crippen LogP contribution >= 0.6 is 0 Å². The fraction of sp³-hybridized carbons (Fsp3) is 0.923. The summed E-state index contributed by atoms with van der Waals surface area (Å²) in [4.78, 5) is 11.5. The minimum absolute atomic E-state index is 0.375. The van der Waals surface area contributed by atoms with Crippen molar-refractivity contribution in [2.24, 2.45) is 0 Å². The van der Waals surface area contributed by atoms with Crippen molar-refractivity contribution < 1.29 is 30.9 Å². The monoisotopic (exact) mass is 366 g/mol. The van der Waals surface area contributed by atoms with Crippen molar-refractivity contribution in [1.82, 2.24) is 0 Å². The summed E-state index contributed by atoms with van der Waals surface area (Å²) in [5, 5.41) is 0. The molecule has 0 radical (unpaired) electrons. The molecule has 0 atom stereocenters. The maximum absolute atomic E-state index is 11.5. The molecule has 0 aliphatic carbocycles. The lowest BCUT2D eigenvalue weighted by atomic mass is 10.1. The van der Waals surface area contributed by atoms with E-state index in [0.29, 0.717) is 16.7 Å². The van der Waals surface area contributed by atoms with Crippen molar-refractivity contribution >= 4 is 26.8 Å². The Labute approximate surface area is 134 Å². The maximum Gasteiger partial charge on any atom is 0.485 e. The van der Waals surface area contributed by atoms with Gasteiger partial charge in [-0.2, -0.15) is 13.2 Å². The third kappa shape index (κ3) is 13.4. The Bertz CT molecular complexity index is 391. The molecule has 0 rings (SSSR count). The highest BCUT2D eigenvalue weighted by Crippen LogP contribution is 2.20. The number of unbranched alkanes of at least 4 members (excludes halogenated alkanes) is 3. The fourth-order valence-electron chi connectivity index (χ4n) is 1.46. The number of rotatable bonds is 9. The van der Waals surface area contributed by atoms with E-state index < -0.39 is 15.6 Å². The number of halogens is 3. The molecular weight excluding hydrogens is 341 g/mol. The molecule has 4 nitrogen and oxygen atoms in total. The first-order valence-corrected chi connectivity index (χ1v) is 10.3. The molecule has 0 fully saturated rings. The van der Waals surface area contributed by atoms with Gasteiger partial charge in [-0.1, -0.05) is 26.2 Å². The van der Waals surface area contributed by atoms with Gasteiger partial charge in [0.2, 0.25) is 0 Å². The summed E-state index contributed by atoms with van der Waals surface area (Å²) in [6.07, 6.45) is 5.69. The van der Waals surface area contributed by atoms with Crippen LogP contribution in [-0.2, 0) is 25.8 Å². The number of carbonyl (C=O) groups excluding carboxylic acids is 1. The van der Waals surface area contributed by atoms with Gasteiger partial charge in [0.05, 0.1) is 0 Å². The number of carbonyl (C=O) groups is 1. The van der Waals surface area contributed by atoms with Gasteiger partial charge < -0.3 is 4.55 Å². The van der Waals surface area contributed by atoms with Crippen molar-refractivity contribution in [3.05, 3.63) is 0 Å². The highest BCUT2D eigenvalue weighted by atomic mass is 32.2. The van der Waals surface area contributed by atoms with Gasteiger partial charge in [-0.25, -0.2) is 8.42 Å². The molecule has 0 saturated heterocycles. The van der Waals surface area contributed by atoms with Crippen LogP contribution < -0.4 is 0 Å². The second kappa shape index (κ2) is 12.2. The number of hydrogen-bond donors (Lipinski definition) is 0. The summed E-state index contributed by atoms with van der Waals surface area (Å²) in [6, 6.07) is 0. The van der Waals surface area contributed by atoms with E-state index in [1.807, 2.05) is 0 Å². The summed E-state index contributed by atoms with van der Waals surface area (Å²) < 4.78 is 58.9. The molecule has 0 N–H and O–H groups in total. The third-order valence-corrected chi connectivity index (χ3v) is 5.70. The highest BCUT2D eigenvalue weighted by Gasteiger charge is 2.36. The first-order chi connectivity index (χ1) is 9.99. The maximum atomic E-state index is 11.5. The summed E-state index contributed by atoms with van der Waals surface area (Å²) >= 11 is 0. The summed E-state index contributed by atoms with van der Waals surface area (Å²) in [5.41, 5.74) is -5.65. The van der Waals surface area contributed by atoms with Gasteiger partial charge in [-0.15, -0.1) is 0 Å². The molecule has 134 valence electrons. The van der Waals surface area contributed by atoms with E-state index in [-0.39, 0.29) is 0 Å². The van der Waals surface area contributed by atoms with Crippen molar-refractivity contribution in [3.8, 4) is 0 Å². The second-order valence-electron chi connectivity index (χ2n) is 4.58. The van der Waals surface area contributed by atoms with Crippen LogP contribution in [0.1, 0.15) is 52.9 Å². The number of hydrogen-bond acceptors (Lipinski definition) is 4. The van der Waals surface area contributed by atoms with Crippen molar-refractivity contribution in [2.75, 3.05) is 17.3 Å². The van der Waals surface area contributed by atoms with Gasteiger partial charge in [0.1, 0.15) is 11.5 Å². The first kappa shape index (κ1) is 24.0. The third-order valence-electron chi connectivity index (χ3n) is 2.77. The first-order valence-electron chi connectivity index (χ1n) is 7.17. The fourth-order valence-corrected chi connectivity index (χ4v) is 2.87. The standard InChI is InChI=1S/C12H25OS.CHF3O3S/c1-4-7-8-9-10-12(13)11-14(5-2)6-3;2-1(3,4)8(5,6)7/h4-11H2,1-3H3;(H,5,6,7)/q+1;/p-1. The number of ketones is 1. The van der Waals surface area contributed by atoms with Crippen LogP contribution in [0.5, 0.6) is 0 Å². The van der Waals surface area contributed by atoms with Crippen LogP contribution in [0.15, 0.2) is 0 Å². The second-order valence-corrected chi connectivity index (χ2v) is 8.62. The molecule has 0 aliphatic rings. The predicted molar refractivity (Wildman–Crippen MR) is 82.8 cm³/mol. The normalized spacial score (nSPS) is 12.0. The van der Waals surface area contributed by atoms with E-state index in [4.69, 9.17) is 13.0 Å². The molecule has 0 unspecified atom stereocenters. The van der Waals surface area contributed by atoms with E-state index in [9.17, 15) is 18.0 Å². The molecular formula is C13H25F3O4S2. The lowest BCUT2D eigenvalue weighted by Gasteiger charge is -2.08. The number of alkyl halides is 3. The molecule has 9 heteroatoms. The van der Waals surface area contributed by atoms with Crippen LogP contribution in [0.4, 0.5) is 13.2 Å². The van der Waals surface area contributed by atoms with Crippen LogP contribution in [0.3, 0.4) is 0 Å². The van der Waals surface area contributed by atoms with Gasteiger partial charge >= 0.3 is 5.51 Å². The van der Waals surface area contributed by atoms with E-state index >= 15 is 0 Å². The van der Waals surface area contributed by atoms with Gasteiger partial charge in [0.15, 0.2) is 21.7 Å². The molecule has 0 aromatic rings. The summed E-state index contributed by atoms with van der Waals surface area (Å²) in [5.74, 6) is 3.70. The predicted octanol–water partition coefficient (Wildman–Crippen LogP) is 3.24. The molecule has 0 heterocycles. The van der Waals surface area contributed by atoms with E-state index in [0.717, 1.165) is 18.6 Å². The average molecular weight is 366 g/mol. The minimum Gasteiger partial charge on any atom is -0.741 e.